The monoisotopic (exact) mass is 255 g/mol. The third-order valence-electron chi connectivity index (χ3n) is 3.01. The molecule has 0 unspecified atom stereocenters. The number of carbonyl (C=O) groups is 1. The lowest BCUT2D eigenvalue weighted by Gasteiger charge is -2.19. The van der Waals surface area contributed by atoms with E-state index in [-0.39, 0.29) is 5.97 Å². The molecule has 1 aliphatic heterocycles. The van der Waals surface area contributed by atoms with Crippen molar-refractivity contribution in [1.82, 2.24) is 4.98 Å². The predicted octanol–water partition coefficient (Wildman–Crippen LogP) is 2.95. The van der Waals surface area contributed by atoms with Crippen LogP contribution in [0.1, 0.15) is 28.4 Å². The quantitative estimate of drug-likeness (QED) is 0.660. The van der Waals surface area contributed by atoms with Gasteiger partial charge in [0.2, 0.25) is 5.88 Å². The Labute approximate surface area is 111 Å². The number of esters is 1. The van der Waals surface area contributed by atoms with Crippen molar-refractivity contribution in [2.75, 3.05) is 6.61 Å². The lowest BCUT2D eigenvalue weighted by atomic mass is 10.0. The van der Waals surface area contributed by atoms with Crippen molar-refractivity contribution < 1.29 is 14.3 Å². The van der Waals surface area contributed by atoms with Crippen LogP contribution in [0.3, 0.4) is 0 Å². The Balaban J connectivity index is 1.94. The van der Waals surface area contributed by atoms with Gasteiger partial charge in [0.15, 0.2) is 0 Å². The van der Waals surface area contributed by atoms with E-state index in [9.17, 15) is 4.79 Å². The molecule has 2 aromatic rings. The molecule has 0 saturated heterocycles. The molecule has 19 heavy (non-hydrogen) atoms. The highest BCUT2D eigenvalue weighted by atomic mass is 16.5. The van der Waals surface area contributed by atoms with Gasteiger partial charge in [-0.15, -0.1) is 0 Å². The molecule has 0 amide bonds. The van der Waals surface area contributed by atoms with Crippen LogP contribution in [-0.2, 0) is 11.2 Å². The fraction of sp³-hybridized carbons (Fsp3) is 0.200. The topological polar surface area (TPSA) is 48.4 Å². The second-order valence-electron chi connectivity index (χ2n) is 4.29. The van der Waals surface area contributed by atoms with Crippen molar-refractivity contribution in [3.8, 4) is 11.6 Å². The van der Waals surface area contributed by atoms with Gasteiger partial charge in [-0.25, -0.2) is 9.78 Å². The van der Waals surface area contributed by atoms with E-state index in [1.54, 1.807) is 25.3 Å². The zero-order valence-electron chi connectivity index (χ0n) is 10.6. The summed E-state index contributed by atoms with van der Waals surface area (Å²) >= 11 is 0. The minimum Gasteiger partial charge on any atom is -0.462 e. The number of nitrogens with zero attached hydrogens (tertiary/aromatic N) is 1. The van der Waals surface area contributed by atoms with Crippen molar-refractivity contribution in [1.29, 1.82) is 0 Å². The highest BCUT2D eigenvalue weighted by molar-refractivity contribution is 5.90. The normalized spacial score (nSPS) is 12.1. The smallest absolute Gasteiger partial charge is 0.338 e. The number of carbonyl (C=O) groups excluding carboxylic acids is 1. The van der Waals surface area contributed by atoms with E-state index < -0.39 is 0 Å². The maximum absolute atomic E-state index is 11.7. The van der Waals surface area contributed by atoms with E-state index in [2.05, 4.69) is 4.98 Å². The van der Waals surface area contributed by atoms with Crippen LogP contribution in [-0.4, -0.2) is 17.6 Å². The van der Waals surface area contributed by atoms with Crippen LogP contribution in [0.4, 0.5) is 0 Å². The Hall–Kier alpha value is -2.36. The molecule has 0 saturated carbocycles. The third kappa shape index (κ3) is 2.17. The first-order valence-corrected chi connectivity index (χ1v) is 6.19. The summed E-state index contributed by atoms with van der Waals surface area (Å²) in [5.74, 6) is 1.08. The number of pyridine rings is 1. The number of hydrogen-bond donors (Lipinski definition) is 0. The maximum atomic E-state index is 11.7. The Kier molecular flexibility index (Phi) is 2.91. The molecule has 0 spiro atoms. The van der Waals surface area contributed by atoms with Crippen LogP contribution in [0, 0.1) is 0 Å². The second kappa shape index (κ2) is 4.72. The van der Waals surface area contributed by atoms with Gasteiger partial charge in [0.1, 0.15) is 5.75 Å². The lowest BCUT2D eigenvalue weighted by Crippen LogP contribution is -2.08. The number of hydrogen-bond acceptors (Lipinski definition) is 4. The maximum Gasteiger partial charge on any atom is 0.338 e. The molecule has 96 valence electrons. The summed E-state index contributed by atoms with van der Waals surface area (Å²) in [7, 11) is 0. The zero-order chi connectivity index (χ0) is 13.2. The largest absolute Gasteiger partial charge is 0.462 e. The minimum absolute atomic E-state index is 0.303. The van der Waals surface area contributed by atoms with Crippen LogP contribution in [0.5, 0.6) is 11.6 Å². The lowest BCUT2D eigenvalue weighted by molar-refractivity contribution is 0.0526. The standard InChI is InChI=1S/C15H13NO3/c1-2-18-15(17)11-5-6-13-12(9-11)8-10-4-3-7-16-14(10)19-13/h3-7,9H,2,8H2,1H3. The molecule has 0 N–H and O–H groups in total. The number of aromatic nitrogens is 1. The molecule has 1 aromatic heterocycles. The molecule has 2 heterocycles. The van der Waals surface area contributed by atoms with Gasteiger partial charge in [-0.2, -0.15) is 0 Å². The highest BCUT2D eigenvalue weighted by Crippen LogP contribution is 2.35. The first-order chi connectivity index (χ1) is 9.28. The van der Waals surface area contributed by atoms with Gasteiger partial charge in [-0.3, -0.25) is 0 Å². The Morgan fingerprint density at radius 3 is 3.11 bits per heavy atom. The molecular weight excluding hydrogens is 242 g/mol. The molecular formula is C15H13NO3. The van der Waals surface area contributed by atoms with Gasteiger partial charge in [0, 0.05) is 23.7 Å². The summed E-state index contributed by atoms with van der Waals surface area (Å²) in [5.41, 5.74) is 2.55. The molecule has 1 aromatic carbocycles. The van der Waals surface area contributed by atoms with Crippen LogP contribution in [0.25, 0.3) is 0 Å². The first kappa shape index (κ1) is 11.7. The third-order valence-corrected chi connectivity index (χ3v) is 3.01. The van der Waals surface area contributed by atoms with E-state index in [0.29, 0.717) is 24.5 Å². The molecule has 0 fully saturated rings. The molecule has 3 rings (SSSR count). The van der Waals surface area contributed by atoms with Gasteiger partial charge in [0.05, 0.1) is 12.2 Å². The van der Waals surface area contributed by atoms with Gasteiger partial charge in [-0.05, 0) is 31.2 Å². The van der Waals surface area contributed by atoms with E-state index in [1.807, 2.05) is 18.2 Å². The Morgan fingerprint density at radius 2 is 2.26 bits per heavy atom. The predicted molar refractivity (Wildman–Crippen MR) is 69.5 cm³/mol. The molecule has 0 bridgehead atoms. The van der Waals surface area contributed by atoms with Crippen molar-refractivity contribution in [3.63, 3.8) is 0 Å². The molecule has 0 radical (unpaired) electrons. The van der Waals surface area contributed by atoms with Crippen LogP contribution in [0.2, 0.25) is 0 Å². The highest BCUT2D eigenvalue weighted by Gasteiger charge is 2.19. The molecule has 0 aliphatic carbocycles. The second-order valence-corrected chi connectivity index (χ2v) is 4.29. The summed E-state index contributed by atoms with van der Waals surface area (Å²) in [6.45, 7) is 2.17. The van der Waals surface area contributed by atoms with E-state index in [0.717, 1.165) is 16.9 Å². The zero-order valence-corrected chi connectivity index (χ0v) is 10.6. The van der Waals surface area contributed by atoms with E-state index in [1.165, 1.54) is 0 Å². The Bertz CT molecular complexity index is 637. The number of rotatable bonds is 2. The van der Waals surface area contributed by atoms with E-state index >= 15 is 0 Å². The van der Waals surface area contributed by atoms with Crippen molar-refractivity contribution >= 4 is 5.97 Å². The Morgan fingerprint density at radius 1 is 1.37 bits per heavy atom. The molecule has 1 aliphatic rings. The van der Waals surface area contributed by atoms with Gasteiger partial charge in [0.25, 0.3) is 0 Å². The SMILES string of the molecule is CCOC(=O)c1ccc2c(c1)Cc1cccnc1O2. The summed E-state index contributed by atoms with van der Waals surface area (Å²) in [4.78, 5) is 15.9. The average Bonchev–Trinajstić information content (AvgIpc) is 2.44. The first-order valence-electron chi connectivity index (χ1n) is 6.19. The summed E-state index contributed by atoms with van der Waals surface area (Å²) in [5, 5.41) is 0. The van der Waals surface area contributed by atoms with Crippen LogP contribution < -0.4 is 4.74 Å². The summed E-state index contributed by atoms with van der Waals surface area (Å²) in [6, 6.07) is 9.18. The summed E-state index contributed by atoms with van der Waals surface area (Å²) in [6.07, 6.45) is 2.42. The van der Waals surface area contributed by atoms with Crippen molar-refractivity contribution in [2.45, 2.75) is 13.3 Å². The molecule has 4 nitrogen and oxygen atoms in total. The van der Waals surface area contributed by atoms with Gasteiger partial charge < -0.3 is 9.47 Å². The molecule has 0 atom stereocenters. The van der Waals surface area contributed by atoms with Crippen molar-refractivity contribution in [3.05, 3.63) is 53.2 Å². The number of benzene rings is 1. The van der Waals surface area contributed by atoms with Gasteiger partial charge >= 0.3 is 5.97 Å². The number of ether oxygens (including phenoxy) is 2. The fourth-order valence-electron chi connectivity index (χ4n) is 2.12. The fourth-order valence-corrected chi connectivity index (χ4v) is 2.12. The van der Waals surface area contributed by atoms with Crippen LogP contribution >= 0.6 is 0 Å². The van der Waals surface area contributed by atoms with E-state index in [4.69, 9.17) is 9.47 Å². The van der Waals surface area contributed by atoms with Crippen molar-refractivity contribution in [2.24, 2.45) is 0 Å². The average molecular weight is 255 g/mol. The van der Waals surface area contributed by atoms with Crippen LogP contribution in [0.15, 0.2) is 36.5 Å². The molecule has 4 heteroatoms. The minimum atomic E-state index is -0.303. The van der Waals surface area contributed by atoms with Gasteiger partial charge in [-0.1, -0.05) is 6.07 Å². The summed E-state index contributed by atoms with van der Waals surface area (Å²) < 4.78 is 10.7. The number of fused-ring (bicyclic) bond motifs is 2.